The minimum Gasteiger partial charge on any atom is -0.314 e. The summed E-state index contributed by atoms with van der Waals surface area (Å²) in [6.45, 7) is 5.92. The highest BCUT2D eigenvalue weighted by Crippen LogP contribution is 2.13. The van der Waals surface area contributed by atoms with Gasteiger partial charge < -0.3 is 5.32 Å². The third kappa shape index (κ3) is 2.96. The molecule has 2 heteroatoms. The van der Waals surface area contributed by atoms with Gasteiger partial charge in [0, 0.05) is 32.7 Å². The molecule has 2 nitrogen and oxygen atoms in total. The molecule has 0 radical (unpaired) electrons. The Morgan fingerprint density at radius 3 is 3.00 bits per heavy atom. The van der Waals surface area contributed by atoms with Gasteiger partial charge in [-0.15, -0.1) is 0 Å². The molecule has 1 N–H and O–H groups in total. The fourth-order valence-electron chi connectivity index (χ4n) is 2.12. The van der Waals surface area contributed by atoms with E-state index in [9.17, 15) is 0 Å². The van der Waals surface area contributed by atoms with E-state index in [0.29, 0.717) is 0 Å². The van der Waals surface area contributed by atoms with E-state index >= 15 is 0 Å². The van der Waals surface area contributed by atoms with E-state index < -0.39 is 0 Å². The zero-order valence-corrected chi connectivity index (χ0v) is 8.84. The maximum Gasteiger partial charge on any atom is 0.0197 e. The smallest absolute Gasteiger partial charge is 0.0197 e. The molecule has 0 atom stereocenters. The third-order valence-corrected chi connectivity index (χ3v) is 2.97. The molecule has 0 bridgehead atoms. The van der Waals surface area contributed by atoms with Crippen molar-refractivity contribution in [1.29, 1.82) is 0 Å². The monoisotopic (exact) mass is 192 g/mol. The first kappa shape index (κ1) is 9.94. The molecule has 0 unspecified atom stereocenters. The first-order valence-corrected chi connectivity index (χ1v) is 5.73. The molecule has 0 aromatic carbocycles. The molecule has 0 saturated carbocycles. The van der Waals surface area contributed by atoms with Gasteiger partial charge in [0.25, 0.3) is 0 Å². The normalized spacial score (nSPS) is 24.4. The maximum atomic E-state index is 3.39. The van der Waals surface area contributed by atoms with Crippen LogP contribution >= 0.6 is 0 Å². The van der Waals surface area contributed by atoms with Gasteiger partial charge in [-0.05, 0) is 19.3 Å². The summed E-state index contributed by atoms with van der Waals surface area (Å²) in [6, 6.07) is 0. The average molecular weight is 192 g/mol. The Bertz CT molecular complexity index is 224. The van der Waals surface area contributed by atoms with Crippen molar-refractivity contribution >= 4 is 0 Å². The quantitative estimate of drug-likeness (QED) is 0.714. The van der Waals surface area contributed by atoms with Crippen LogP contribution in [0.25, 0.3) is 0 Å². The minimum absolute atomic E-state index is 1.16. The van der Waals surface area contributed by atoms with Crippen molar-refractivity contribution in [1.82, 2.24) is 10.2 Å². The number of piperazine rings is 1. The summed E-state index contributed by atoms with van der Waals surface area (Å²) in [5, 5.41) is 3.39. The van der Waals surface area contributed by atoms with Gasteiger partial charge in [0.15, 0.2) is 0 Å². The average Bonchev–Trinajstić information content (AvgIpc) is 2.48. The highest BCUT2D eigenvalue weighted by molar-refractivity contribution is 5.16. The fraction of sp³-hybridized carbons (Fsp3) is 0.667. The van der Waals surface area contributed by atoms with Gasteiger partial charge in [-0.2, -0.15) is 0 Å². The van der Waals surface area contributed by atoms with Crippen molar-refractivity contribution in [3.63, 3.8) is 0 Å². The van der Waals surface area contributed by atoms with Crippen LogP contribution in [-0.4, -0.2) is 37.6 Å². The molecule has 14 heavy (non-hydrogen) atoms. The number of hydrogen-bond acceptors (Lipinski definition) is 2. The minimum atomic E-state index is 1.16. The molecule has 0 aromatic heterocycles. The Hall–Kier alpha value is -0.600. The summed E-state index contributed by atoms with van der Waals surface area (Å²) in [6.07, 6.45) is 10.7. The molecule has 78 valence electrons. The fourth-order valence-corrected chi connectivity index (χ4v) is 2.12. The van der Waals surface area contributed by atoms with Gasteiger partial charge in [0.2, 0.25) is 0 Å². The van der Waals surface area contributed by atoms with Crippen molar-refractivity contribution in [2.24, 2.45) is 0 Å². The van der Waals surface area contributed by atoms with Crippen LogP contribution in [-0.2, 0) is 0 Å². The molecule has 1 aliphatic heterocycles. The van der Waals surface area contributed by atoms with Crippen LogP contribution in [0.4, 0.5) is 0 Å². The number of nitrogens with one attached hydrogen (secondary N) is 1. The van der Waals surface area contributed by atoms with Gasteiger partial charge in [-0.1, -0.05) is 23.8 Å². The SMILES string of the molecule is C1=CCCCC(CN2CCNCC2)=C1. The van der Waals surface area contributed by atoms with E-state index in [2.05, 4.69) is 28.4 Å². The van der Waals surface area contributed by atoms with Crippen molar-refractivity contribution < 1.29 is 0 Å². The zero-order chi connectivity index (χ0) is 9.64. The summed E-state index contributed by atoms with van der Waals surface area (Å²) in [5.41, 5.74) is 1.61. The second-order valence-corrected chi connectivity index (χ2v) is 4.17. The maximum absolute atomic E-state index is 3.39. The van der Waals surface area contributed by atoms with E-state index in [1.54, 1.807) is 5.57 Å². The number of hydrogen-bond donors (Lipinski definition) is 1. The first-order chi connectivity index (χ1) is 6.95. The molecule has 0 amide bonds. The lowest BCUT2D eigenvalue weighted by Crippen LogP contribution is -2.44. The molecule has 1 aliphatic carbocycles. The first-order valence-electron chi connectivity index (χ1n) is 5.73. The Balaban J connectivity index is 1.82. The molecular weight excluding hydrogens is 172 g/mol. The Morgan fingerprint density at radius 2 is 2.14 bits per heavy atom. The number of allylic oxidation sites excluding steroid dienone is 3. The second kappa shape index (κ2) is 5.32. The zero-order valence-electron chi connectivity index (χ0n) is 8.84. The van der Waals surface area contributed by atoms with Gasteiger partial charge in [-0.3, -0.25) is 4.90 Å². The molecular formula is C12H20N2. The Labute approximate surface area is 86.7 Å². The van der Waals surface area contributed by atoms with Crippen LogP contribution in [0.2, 0.25) is 0 Å². The molecule has 2 aliphatic rings. The van der Waals surface area contributed by atoms with Crippen LogP contribution in [0.1, 0.15) is 19.3 Å². The molecule has 0 spiro atoms. The standard InChI is InChI=1S/C12H20N2/c1-2-4-6-12(5-3-1)11-14-9-7-13-8-10-14/h1,3,5,13H,2,4,6-11H2. The van der Waals surface area contributed by atoms with Gasteiger partial charge >= 0.3 is 0 Å². The highest BCUT2D eigenvalue weighted by atomic mass is 15.2. The third-order valence-electron chi connectivity index (χ3n) is 2.97. The van der Waals surface area contributed by atoms with Crippen LogP contribution in [0.3, 0.4) is 0 Å². The van der Waals surface area contributed by atoms with Gasteiger partial charge in [-0.25, -0.2) is 0 Å². The van der Waals surface area contributed by atoms with Crippen LogP contribution in [0, 0.1) is 0 Å². The van der Waals surface area contributed by atoms with Crippen LogP contribution in [0.5, 0.6) is 0 Å². The lowest BCUT2D eigenvalue weighted by molar-refractivity contribution is 0.257. The highest BCUT2D eigenvalue weighted by Gasteiger charge is 2.11. The van der Waals surface area contributed by atoms with Crippen molar-refractivity contribution in [3.05, 3.63) is 23.8 Å². The van der Waals surface area contributed by atoms with E-state index in [1.165, 1.54) is 38.9 Å². The van der Waals surface area contributed by atoms with Crippen LogP contribution < -0.4 is 5.32 Å². The van der Waals surface area contributed by atoms with E-state index in [0.717, 1.165) is 13.1 Å². The van der Waals surface area contributed by atoms with Gasteiger partial charge in [0.05, 0.1) is 0 Å². The lowest BCUT2D eigenvalue weighted by atomic mass is 10.1. The summed E-state index contributed by atoms with van der Waals surface area (Å²) in [4.78, 5) is 2.56. The van der Waals surface area contributed by atoms with E-state index in [-0.39, 0.29) is 0 Å². The molecule has 1 fully saturated rings. The number of rotatable bonds is 2. The second-order valence-electron chi connectivity index (χ2n) is 4.17. The summed E-state index contributed by atoms with van der Waals surface area (Å²) >= 11 is 0. The molecule has 1 saturated heterocycles. The number of nitrogens with zero attached hydrogens (tertiary/aromatic N) is 1. The topological polar surface area (TPSA) is 15.3 Å². The van der Waals surface area contributed by atoms with Crippen molar-refractivity contribution in [3.8, 4) is 0 Å². The molecule has 1 heterocycles. The van der Waals surface area contributed by atoms with Gasteiger partial charge in [0.1, 0.15) is 0 Å². The lowest BCUT2D eigenvalue weighted by Gasteiger charge is -2.28. The molecule has 0 aromatic rings. The summed E-state index contributed by atoms with van der Waals surface area (Å²) in [7, 11) is 0. The predicted octanol–water partition coefficient (Wildman–Crippen LogP) is 1.56. The van der Waals surface area contributed by atoms with Crippen molar-refractivity contribution in [2.75, 3.05) is 32.7 Å². The summed E-state index contributed by atoms with van der Waals surface area (Å²) in [5.74, 6) is 0. The van der Waals surface area contributed by atoms with E-state index in [1.807, 2.05) is 0 Å². The summed E-state index contributed by atoms with van der Waals surface area (Å²) < 4.78 is 0. The largest absolute Gasteiger partial charge is 0.314 e. The van der Waals surface area contributed by atoms with E-state index in [4.69, 9.17) is 0 Å². The Morgan fingerprint density at radius 1 is 1.29 bits per heavy atom. The van der Waals surface area contributed by atoms with Crippen LogP contribution in [0.15, 0.2) is 23.8 Å². The Kier molecular flexibility index (Phi) is 3.78. The molecule has 2 rings (SSSR count). The predicted molar refractivity (Wildman–Crippen MR) is 60.4 cm³/mol. The van der Waals surface area contributed by atoms with Crippen molar-refractivity contribution in [2.45, 2.75) is 19.3 Å².